The molecule has 1 aliphatic carbocycles. The molecule has 3 aliphatic heterocycles. The lowest BCUT2D eigenvalue weighted by atomic mass is 9.77. The van der Waals surface area contributed by atoms with Gasteiger partial charge in [-0.15, -0.1) is 0 Å². The predicted molar refractivity (Wildman–Crippen MR) is 173 cm³/mol. The topological polar surface area (TPSA) is 130 Å². The molecule has 1 spiro atoms. The fourth-order valence-electron chi connectivity index (χ4n) is 7.86. The molecule has 6 rings (SSSR count). The van der Waals surface area contributed by atoms with Gasteiger partial charge in [0.15, 0.2) is 23.2 Å². The highest BCUT2D eigenvalue weighted by molar-refractivity contribution is 5.86. The zero-order chi connectivity index (χ0) is 34.1. The molecule has 4 atom stereocenters. The number of hydrogen-bond acceptors (Lipinski definition) is 11. The summed E-state index contributed by atoms with van der Waals surface area (Å²) >= 11 is 0. The third-order valence-corrected chi connectivity index (χ3v) is 10.2. The van der Waals surface area contributed by atoms with Crippen LogP contribution < -0.4 is 9.47 Å². The Kier molecular flexibility index (Phi) is 9.46. The number of ether oxygens (including phenoxy) is 6. The highest BCUT2D eigenvalue weighted by Crippen LogP contribution is 2.55. The Bertz CT molecular complexity index is 1570. The second-order valence-electron chi connectivity index (χ2n) is 13.8. The maximum Gasteiger partial charge on any atom is 0.339 e. The van der Waals surface area contributed by atoms with Gasteiger partial charge in [0.1, 0.15) is 11.4 Å². The van der Waals surface area contributed by atoms with Crippen LogP contribution in [0.3, 0.4) is 0 Å². The summed E-state index contributed by atoms with van der Waals surface area (Å²) in [4.78, 5) is 41.7. The molecule has 1 saturated heterocycles. The van der Waals surface area contributed by atoms with Crippen LogP contribution in [0.5, 0.6) is 11.5 Å². The van der Waals surface area contributed by atoms with E-state index < -0.39 is 41.2 Å². The average molecular weight is 664 g/mol. The molecular weight excluding hydrogens is 618 g/mol. The van der Waals surface area contributed by atoms with E-state index in [9.17, 15) is 19.5 Å². The van der Waals surface area contributed by atoms with E-state index in [1.165, 1.54) is 7.11 Å². The van der Waals surface area contributed by atoms with Crippen LogP contribution in [0, 0.1) is 0 Å². The summed E-state index contributed by atoms with van der Waals surface area (Å²) in [5, 5.41) is 11.8. The minimum Gasteiger partial charge on any atom is -0.497 e. The van der Waals surface area contributed by atoms with Gasteiger partial charge in [-0.25, -0.2) is 4.79 Å². The Morgan fingerprint density at radius 2 is 1.77 bits per heavy atom. The first-order chi connectivity index (χ1) is 23.0. The van der Waals surface area contributed by atoms with Gasteiger partial charge in [-0.3, -0.25) is 14.5 Å². The first kappa shape index (κ1) is 33.8. The number of aliphatic hydroxyl groups is 1. The van der Waals surface area contributed by atoms with E-state index in [0.29, 0.717) is 23.7 Å². The summed E-state index contributed by atoms with van der Waals surface area (Å²) in [6.07, 6.45) is 3.84. The SMILES string of the molecule is COC(=O)C[C@](O)(CCCC(C)(C)OC(=O)Cc1ccccc1)C(=O)O[C@@H]1C(OC)=C[C@]23CCCN2CCc2cc4c(cc2[C@H]13)OCO4. The van der Waals surface area contributed by atoms with Gasteiger partial charge in [0, 0.05) is 6.54 Å². The first-order valence-corrected chi connectivity index (χ1v) is 16.7. The third-order valence-electron chi connectivity index (χ3n) is 10.2. The van der Waals surface area contributed by atoms with Gasteiger partial charge in [0.05, 0.1) is 38.5 Å². The van der Waals surface area contributed by atoms with E-state index in [-0.39, 0.29) is 37.9 Å². The lowest BCUT2D eigenvalue weighted by Crippen LogP contribution is -2.49. The molecule has 11 heteroatoms. The second kappa shape index (κ2) is 13.4. The Balaban J connectivity index is 1.22. The molecule has 1 fully saturated rings. The van der Waals surface area contributed by atoms with Crippen molar-refractivity contribution in [3.8, 4) is 11.5 Å². The van der Waals surface area contributed by atoms with E-state index in [1.807, 2.05) is 42.5 Å². The average Bonchev–Trinajstić information content (AvgIpc) is 3.74. The van der Waals surface area contributed by atoms with Crippen LogP contribution in [0.2, 0.25) is 0 Å². The van der Waals surface area contributed by atoms with Crippen molar-refractivity contribution in [1.82, 2.24) is 4.90 Å². The van der Waals surface area contributed by atoms with Crippen molar-refractivity contribution < 1.29 is 47.9 Å². The van der Waals surface area contributed by atoms with Crippen LogP contribution in [0.1, 0.15) is 75.0 Å². The monoisotopic (exact) mass is 663 g/mol. The van der Waals surface area contributed by atoms with Gasteiger partial charge in [0.25, 0.3) is 0 Å². The molecule has 1 N–H and O–H groups in total. The number of fused-ring (bicyclic) bond motifs is 3. The Labute approximate surface area is 281 Å². The highest BCUT2D eigenvalue weighted by Gasteiger charge is 2.59. The smallest absolute Gasteiger partial charge is 0.339 e. The van der Waals surface area contributed by atoms with Gasteiger partial charge in [-0.1, -0.05) is 30.3 Å². The Morgan fingerprint density at radius 1 is 1.02 bits per heavy atom. The number of methoxy groups -OCH3 is 2. The molecule has 258 valence electrons. The molecular formula is C37H45NO10. The van der Waals surface area contributed by atoms with Crippen LogP contribution in [0.15, 0.2) is 54.3 Å². The number of rotatable bonds is 12. The Morgan fingerprint density at radius 3 is 2.50 bits per heavy atom. The van der Waals surface area contributed by atoms with Gasteiger partial charge < -0.3 is 33.5 Å². The molecule has 0 aromatic heterocycles. The molecule has 2 aromatic rings. The normalized spacial score (nSPS) is 23.9. The minimum absolute atomic E-state index is 0.115. The zero-order valence-electron chi connectivity index (χ0n) is 28.1. The molecule has 0 saturated carbocycles. The van der Waals surface area contributed by atoms with Crippen LogP contribution in [-0.2, 0) is 46.2 Å². The van der Waals surface area contributed by atoms with Crippen molar-refractivity contribution in [2.45, 2.75) is 94.0 Å². The molecule has 11 nitrogen and oxygen atoms in total. The van der Waals surface area contributed by atoms with Gasteiger partial charge in [-0.05, 0) is 93.8 Å². The van der Waals surface area contributed by atoms with E-state index in [2.05, 4.69) is 11.0 Å². The first-order valence-electron chi connectivity index (χ1n) is 16.7. The maximum absolute atomic E-state index is 14.1. The largest absolute Gasteiger partial charge is 0.497 e. The quantitative estimate of drug-likeness (QED) is 0.257. The van der Waals surface area contributed by atoms with Crippen molar-refractivity contribution in [2.24, 2.45) is 0 Å². The Hall–Kier alpha value is -4.09. The van der Waals surface area contributed by atoms with Gasteiger partial charge in [0.2, 0.25) is 6.79 Å². The van der Waals surface area contributed by atoms with Crippen molar-refractivity contribution in [2.75, 3.05) is 34.1 Å². The number of hydrogen-bond donors (Lipinski definition) is 1. The van der Waals surface area contributed by atoms with Crippen molar-refractivity contribution in [3.05, 3.63) is 71.0 Å². The van der Waals surface area contributed by atoms with Crippen LogP contribution in [-0.4, -0.2) is 84.9 Å². The molecule has 0 bridgehead atoms. The van der Waals surface area contributed by atoms with Gasteiger partial charge >= 0.3 is 17.9 Å². The highest BCUT2D eigenvalue weighted by atomic mass is 16.7. The van der Waals surface area contributed by atoms with Crippen LogP contribution in [0.4, 0.5) is 0 Å². The zero-order valence-corrected chi connectivity index (χ0v) is 28.1. The molecule has 4 aliphatic rings. The predicted octanol–water partition coefficient (Wildman–Crippen LogP) is 4.37. The lowest BCUT2D eigenvalue weighted by molar-refractivity contribution is -0.179. The molecule has 2 aromatic carbocycles. The lowest BCUT2D eigenvalue weighted by Gasteiger charge is -2.39. The van der Waals surface area contributed by atoms with Gasteiger partial charge in [-0.2, -0.15) is 0 Å². The van der Waals surface area contributed by atoms with E-state index in [4.69, 9.17) is 28.4 Å². The standard InChI is InChI=1S/C37H45NO10/c1-35(2,48-30(39)18-24-10-6-5-7-11-24)13-8-15-37(42,22-31(40)44-4)34(41)47-33-29(43-3)21-36-14-9-16-38(36)17-12-25-19-27-28(46-23-45-27)20-26(25)32(33)36/h5-7,10-11,19-21,32-33,42H,8-9,12-18,22-23H2,1-4H3/t32-,33-,36+,37-/m1/s1. The number of benzene rings is 2. The molecule has 0 radical (unpaired) electrons. The van der Waals surface area contributed by atoms with Crippen molar-refractivity contribution >= 4 is 17.9 Å². The van der Waals surface area contributed by atoms with Crippen molar-refractivity contribution in [1.29, 1.82) is 0 Å². The minimum atomic E-state index is -2.19. The summed E-state index contributed by atoms with van der Waals surface area (Å²) in [6.45, 7) is 5.41. The van der Waals surface area contributed by atoms with Crippen LogP contribution >= 0.6 is 0 Å². The van der Waals surface area contributed by atoms with E-state index >= 15 is 0 Å². The molecule has 0 unspecified atom stereocenters. The summed E-state index contributed by atoms with van der Waals surface area (Å²) in [5.41, 5.74) is -0.617. The van der Waals surface area contributed by atoms with E-state index in [0.717, 1.165) is 49.0 Å². The van der Waals surface area contributed by atoms with Crippen molar-refractivity contribution in [3.63, 3.8) is 0 Å². The second-order valence-corrected chi connectivity index (χ2v) is 13.8. The maximum atomic E-state index is 14.1. The fourth-order valence-corrected chi connectivity index (χ4v) is 7.86. The number of carbonyl (C=O) groups is 3. The molecule has 48 heavy (non-hydrogen) atoms. The molecule has 0 amide bonds. The number of carbonyl (C=O) groups excluding carboxylic acids is 3. The summed E-state index contributed by atoms with van der Waals surface area (Å²) < 4.78 is 34.2. The van der Waals surface area contributed by atoms with Crippen LogP contribution in [0.25, 0.3) is 0 Å². The summed E-state index contributed by atoms with van der Waals surface area (Å²) in [7, 11) is 2.76. The third kappa shape index (κ3) is 6.62. The summed E-state index contributed by atoms with van der Waals surface area (Å²) in [5.74, 6) is -0.570. The molecule has 3 heterocycles. The number of nitrogens with zero attached hydrogens (tertiary/aromatic N) is 1. The number of esters is 3. The van der Waals surface area contributed by atoms with E-state index in [1.54, 1.807) is 21.0 Å². The fraction of sp³-hybridized carbons (Fsp3) is 0.541. The summed E-state index contributed by atoms with van der Waals surface area (Å²) in [6, 6.07) is 13.3.